The number of carbonyl (C=O) groups is 1. The Balaban J connectivity index is 1.78. The SMILES string of the molecule is COc1ccc(CNC(=O)CCN(Cc2ccccc2)C(C)C)cc1. The van der Waals surface area contributed by atoms with Crippen LogP contribution in [-0.2, 0) is 17.9 Å². The van der Waals surface area contributed by atoms with Crippen LogP contribution in [-0.4, -0.2) is 30.5 Å². The lowest BCUT2D eigenvalue weighted by molar-refractivity contribution is -0.121. The number of amides is 1. The van der Waals surface area contributed by atoms with Crippen LogP contribution in [0.15, 0.2) is 54.6 Å². The van der Waals surface area contributed by atoms with Gasteiger partial charge in [-0.1, -0.05) is 42.5 Å². The van der Waals surface area contributed by atoms with Crippen molar-refractivity contribution in [2.75, 3.05) is 13.7 Å². The van der Waals surface area contributed by atoms with E-state index in [1.165, 1.54) is 5.56 Å². The highest BCUT2D eigenvalue weighted by Gasteiger charge is 2.12. The van der Waals surface area contributed by atoms with E-state index in [0.717, 1.165) is 24.4 Å². The fraction of sp³-hybridized carbons (Fsp3) is 0.381. The summed E-state index contributed by atoms with van der Waals surface area (Å²) in [6.45, 7) is 6.49. The zero-order valence-electron chi connectivity index (χ0n) is 15.4. The van der Waals surface area contributed by atoms with Gasteiger partial charge in [0.05, 0.1) is 7.11 Å². The summed E-state index contributed by atoms with van der Waals surface area (Å²) >= 11 is 0. The molecule has 0 radical (unpaired) electrons. The summed E-state index contributed by atoms with van der Waals surface area (Å²) in [5.74, 6) is 0.901. The summed E-state index contributed by atoms with van der Waals surface area (Å²) in [6, 6.07) is 18.5. The Labute approximate surface area is 150 Å². The van der Waals surface area contributed by atoms with E-state index in [1.54, 1.807) is 7.11 Å². The second-order valence-corrected chi connectivity index (χ2v) is 6.42. The third kappa shape index (κ3) is 6.59. The lowest BCUT2D eigenvalue weighted by Gasteiger charge is -2.26. The van der Waals surface area contributed by atoms with Gasteiger partial charge in [0.1, 0.15) is 5.75 Å². The Bertz CT molecular complexity index is 639. The van der Waals surface area contributed by atoms with Gasteiger partial charge in [0.2, 0.25) is 5.91 Å². The summed E-state index contributed by atoms with van der Waals surface area (Å²) in [5.41, 5.74) is 2.34. The molecule has 0 saturated carbocycles. The molecule has 0 spiro atoms. The molecule has 0 saturated heterocycles. The number of nitrogens with one attached hydrogen (secondary N) is 1. The fourth-order valence-electron chi connectivity index (χ4n) is 2.62. The molecular weight excluding hydrogens is 312 g/mol. The average molecular weight is 340 g/mol. The van der Waals surface area contributed by atoms with Gasteiger partial charge in [0.15, 0.2) is 0 Å². The molecular formula is C21H28N2O2. The highest BCUT2D eigenvalue weighted by Crippen LogP contribution is 2.11. The van der Waals surface area contributed by atoms with Crippen molar-refractivity contribution in [1.29, 1.82) is 0 Å². The molecule has 2 rings (SSSR count). The van der Waals surface area contributed by atoms with Crippen LogP contribution in [0.25, 0.3) is 0 Å². The summed E-state index contributed by atoms with van der Waals surface area (Å²) in [6.07, 6.45) is 0.501. The molecule has 0 aliphatic heterocycles. The summed E-state index contributed by atoms with van der Waals surface area (Å²) in [7, 11) is 1.65. The first-order chi connectivity index (χ1) is 12.1. The van der Waals surface area contributed by atoms with Crippen LogP contribution in [0.5, 0.6) is 5.75 Å². The topological polar surface area (TPSA) is 41.6 Å². The number of carbonyl (C=O) groups excluding carboxylic acids is 1. The summed E-state index contributed by atoms with van der Waals surface area (Å²) < 4.78 is 5.14. The van der Waals surface area contributed by atoms with Gasteiger partial charge in [-0.05, 0) is 37.1 Å². The molecule has 0 heterocycles. The first kappa shape index (κ1) is 19.0. The second kappa shape index (κ2) is 9.84. The maximum absolute atomic E-state index is 12.2. The minimum absolute atomic E-state index is 0.0783. The highest BCUT2D eigenvalue weighted by molar-refractivity contribution is 5.76. The van der Waals surface area contributed by atoms with Crippen molar-refractivity contribution in [3.8, 4) is 5.75 Å². The quantitative estimate of drug-likeness (QED) is 0.758. The van der Waals surface area contributed by atoms with Crippen LogP contribution >= 0.6 is 0 Å². The van der Waals surface area contributed by atoms with E-state index in [9.17, 15) is 4.79 Å². The fourth-order valence-corrected chi connectivity index (χ4v) is 2.62. The number of nitrogens with zero attached hydrogens (tertiary/aromatic N) is 1. The van der Waals surface area contributed by atoms with Crippen LogP contribution in [0.2, 0.25) is 0 Å². The molecule has 2 aromatic rings. The Morgan fingerprint density at radius 1 is 1.04 bits per heavy atom. The van der Waals surface area contributed by atoms with E-state index in [2.05, 4.69) is 48.3 Å². The van der Waals surface area contributed by atoms with Gasteiger partial charge in [-0.25, -0.2) is 0 Å². The van der Waals surface area contributed by atoms with Crippen LogP contribution in [0, 0.1) is 0 Å². The van der Waals surface area contributed by atoms with Crippen molar-refractivity contribution in [1.82, 2.24) is 10.2 Å². The normalized spacial score (nSPS) is 10.9. The minimum atomic E-state index is 0.0783. The molecule has 0 atom stereocenters. The molecule has 1 amide bonds. The molecule has 0 aliphatic rings. The molecule has 4 nitrogen and oxygen atoms in total. The molecule has 1 N–H and O–H groups in total. The number of methoxy groups -OCH3 is 1. The molecule has 4 heteroatoms. The Hall–Kier alpha value is -2.33. The molecule has 0 fully saturated rings. The average Bonchev–Trinajstić information content (AvgIpc) is 2.64. The van der Waals surface area contributed by atoms with Gasteiger partial charge < -0.3 is 10.1 Å². The molecule has 2 aromatic carbocycles. The lowest BCUT2D eigenvalue weighted by atomic mass is 10.1. The van der Waals surface area contributed by atoms with Crippen LogP contribution in [0.3, 0.4) is 0 Å². The number of ether oxygens (including phenoxy) is 1. The molecule has 25 heavy (non-hydrogen) atoms. The largest absolute Gasteiger partial charge is 0.497 e. The van der Waals surface area contributed by atoms with Crippen LogP contribution < -0.4 is 10.1 Å². The lowest BCUT2D eigenvalue weighted by Crippen LogP contribution is -2.34. The third-order valence-corrected chi connectivity index (χ3v) is 4.23. The number of hydrogen-bond donors (Lipinski definition) is 1. The van der Waals surface area contributed by atoms with Crippen molar-refractivity contribution in [3.05, 3.63) is 65.7 Å². The molecule has 134 valence electrons. The molecule has 0 bridgehead atoms. The second-order valence-electron chi connectivity index (χ2n) is 6.42. The van der Waals surface area contributed by atoms with E-state index in [0.29, 0.717) is 19.0 Å². The third-order valence-electron chi connectivity index (χ3n) is 4.23. The van der Waals surface area contributed by atoms with Crippen molar-refractivity contribution in [3.63, 3.8) is 0 Å². The van der Waals surface area contributed by atoms with Crippen molar-refractivity contribution >= 4 is 5.91 Å². The van der Waals surface area contributed by atoms with Gasteiger partial charge >= 0.3 is 0 Å². The van der Waals surface area contributed by atoms with Crippen molar-refractivity contribution < 1.29 is 9.53 Å². The van der Waals surface area contributed by atoms with E-state index in [4.69, 9.17) is 4.74 Å². The molecule has 0 aliphatic carbocycles. The number of hydrogen-bond acceptors (Lipinski definition) is 3. The van der Waals surface area contributed by atoms with E-state index in [1.807, 2.05) is 30.3 Å². The zero-order valence-corrected chi connectivity index (χ0v) is 15.4. The number of benzene rings is 2. The standard InChI is InChI=1S/C21H28N2O2/c1-17(2)23(16-19-7-5-4-6-8-19)14-13-21(24)22-15-18-9-11-20(25-3)12-10-18/h4-12,17H,13-16H2,1-3H3,(H,22,24). The Morgan fingerprint density at radius 3 is 2.32 bits per heavy atom. The van der Waals surface area contributed by atoms with E-state index in [-0.39, 0.29) is 5.91 Å². The Morgan fingerprint density at radius 2 is 1.72 bits per heavy atom. The van der Waals surface area contributed by atoms with Crippen molar-refractivity contribution in [2.45, 2.75) is 39.4 Å². The summed E-state index contributed by atoms with van der Waals surface area (Å²) in [5, 5.41) is 2.99. The maximum Gasteiger partial charge on any atom is 0.221 e. The van der Waals surface area contributed by atoms with E-state index < -0.39 is 0 Å². The number of rotatable bonds is 9. The smallest absolute Gasteiger partial charge is 0.221 e. The van der Waals surface area contributed by atoms with Gasteiger partial charge in [-0.3, -0.25) is 9.69 Å². The monoisotopic (exact) mass is 340 g/mol. The van der Waals surface area contributed by atoms with Gasteiger partial charge in [-0.2, -0.15) is 0 Å². The van der Waals surface area contributed by atoms with Gasteiger partial charge in [0.25, 0.3) is 0 Å². The molecule has 0 unspecified atom stereocenters. The van der Waals surface area contributed by atoms with Gasteiger partial charge in [-0.15, -0.1) is 0 Å². The predicted molar refractivity (Wildman–Crippen MR) is 101 cm³/mol. The molecule has 0 aromatic heterocycles. The predicted octanol–water partition coefficient (Wildman–Crippen LogP) is 3.61. The first-order valence-electron chi connectivity index (χ1n) is 8.76. The van der Waals surface area contributed by atoms with Crippen molar-refractivity contribution in [2.24, 2.45) is 0 Å². The Kier molecular flexibility index (Phi) is 7.48. The highest BCUT2D eigenvalue weighted by atomic mass is 16.5. The maximum atomic E-state index is 12.2. The minimum Gasteiger partial charge on any atom is -0.497 e. The van der Waals surface area contributed by atoms with Gasteiger partial charge in [0, 0.05) is 32.1 Å². The van der Waals surface area contributed by atoms with Crippen LogP contribution in [0.4, 0.5) is 0 Å². The first-order valence-corrected chi connectivity index (χ1v) is 8.76. The zero-order chi connectivity index (χ0) is 18.1. The van der Waals surface area contributed by atoms with Crippen LogP contribution in [0.1, 0.15) is 31.4 Å². The van der Waals surface area contributed by atoms with E-state index >= 15 is 0 Å². The summed E-state index contributed by atoms with van der Waals surface area (Å²) in [4.78, 5) is 14.5.